The van der Waals surface area contributed by atoms with Crippen LogP contribution < -0.4 is 0 Å². The third-order valence-corrected chi connectivity index (χ3v) is 4.09. The molecule has 0 aliphatic heterocycles. The molecule has 2 rings (SSSR count). The Balaban J connectivity index is 1.87. The van der Waals surface area contributed by atoms with Crippen molar-refractivity contribution in [2.45, 2.75) is 39.5 Å². The SMILES string of the molecule is CC1(C)C2CC=C(CCCO)C[C@@H]21. The standard InChI is InChI=1S/C12H20O/c1-12(2)10-6-5-9(4-3-7-13)8-11(10)12/h5,10-11,13H,3-4,6-8H2,1-2H3/t10?,11-/m0/s1. The Labute approximate surface area is 80.8 Å². The van der Waals surface area contributed by atoms with Crippen molar-refractivity contribution in [1.29, 1.82) is 0 Å². The van der Waals surface area contributed by atoms with Gasteiger partial charge in [-0.15, -0.1) is 0 Å². The predicted octanol–water partition coefficient (Wildman–Crippen LogP) is 2.75. The number of hydrogen-bond donors (Lipinski definition) is 1. The van der Waals surface area contributed by atoms with Gasteiger partial charge in [-0.25, -0.2) is 0 Å². The molecule has 0 amide bonds. The molecule has 0 heterocycles. The van der Waals surface area contributed by atoms with Crippen molar-refractivity contribution in [3.63, 3.8) is 0 Å². The molecule has 0 aromatic carbocycles. The first-order valence-corrected chi connectivity index (χ1v) is 5.45. The quantitative estimate of drug-likeness (QED) is 0.662. The zero-order valence-electron chi connectivity index (χ0n) is 8.71. The molecule has 1 fully saturated rings. The molecular weight excluding hydrogens is 160 g/mol. The summed E-state index contributed by atoms with van der Waals surface area (Å²) in [6.45, 7) is 5.13. The molecule has 0 aromatic heterocycles. The van der Waals surface area contributed by atoms with Crippen LogP contribution in [0.4, 0.5) is 0 Å². The van der Waals surface area contributed by atoms with E-state index in [2.05, 4.69) is 19.9 Å². The van der Waals surface area contributed by atoms with Crippen LogP contribution in [0.3, 0.4) is 0 Å². The van der Waals surface area contributed by atoms with Crippen molar-refractivity contribution in [1.82, 2.24) is 0 Å². The molecule has 2 aliphatic rings. The van der Waals surface area contributed by atoms with Gasteiger partial charge in [0.2, 0.25) is 0 Å². The highest BCUT2D eigenvalue weighted by Gasteiger charge is 2.57. The molecule has 0 aromatic rings. The van der Waals surface area contributed by atoms with Gasteiger partial charge in [-0.1, -0.05) is 25.5 Å². The largest absolute Gasteiger partial charge is 0.396 e. The number of fused-ring (bicyclic) bond motifs is 1. The predicted molar refractivity (Wildman–Crippen MR) is 54.4 cm³/mol. The molecule has 1 N–H and O–H groups in total. The summed E-state index contributed by atoms with van der Waals surface area (Å²) in [4.78, 5) is 0. The molecular formula is C12H20O. The molecule has 0 bridgehead atoms. The number of aliphatic hydroxyl groups is 1. The van der Waals surface area contributed by atoms with E-state index in [9.17, 15) is 0 Å². The van der Waals surface area contributed by atoms with Crippen LogP contribution in [0, 0.1) is 17.3 Å². The van der Waals surface area contributed by atoms with Gasteiger partial charge in [0, 0.05) is 6.61 Å². The second-order valence-corrected chi connectivity index (χ2v) is 5.16. The first-order chi connectivity index (χ1) is 6.16. The smallest absolute Gasteiger partial charge is 0.0434 e. The summed E-state index contributed by atoms with van der Waals surface area (Å²) in [5, 5.41) is 8.75. The zero-order chi connectivity index (χ0) is 9.47. The van der Waals surface area contributed by atoms with Gasteiger partial charge in [0.05, 0.1) is 0 Å². The molecule has 74 valence electrons. The maximum Gasteiger partial charge on any atom is 0.0434 e. The van der Waals surface area contributed by atoms with Crippen LogP contribution in [0.25, 0.3) is 0 Å². The summed E-state index contributed by atoms with van der Waals surface area (Å²) >= 11 is 0. The highest BCUT2D eigenvalue weighted by atomic mass is 16.2. The van der Waals surface area contributed by atoms with Gasteiger partial charge in [-0.05, 0) is 42.9 Å². The fourth-order valence-corrected chi connectivity index (χ4v) is 2.90. The lowest BCUT2D eigenvalue weighted by molar-refractivity contribution is 0.287. The van der Waals surface area contributed by atoms with E-state index in [4.69, 9.17) is 5.11 Å². The zero-order valence-corrected chi connectivity index (χ0v) is 8.71. The molecule has 2 atom stereocenters. The van der Waals surface area contributed by atoms with E-state index in [1.807, 2.05) is 0 Å². The first kappa shape index (κ1) is 9.26. The van der Waals surface area contributed by atoms with Gasteiger partial charge >= 0.3 is 0 Å². The third-order valence-electron chi connectivity index (χ3n) is 4.09. The van der Waals surface area contributed by atoms with Gasteiger partial charge < -0.3 is 5.11 Å². The molecule has 1 nitrogen and oxygen atoms in total. The second-order valence-electron chi connectivity index (χ2n) is 5.16. The van der Waals surface area contributed by atoms with Crippen molar-refractivity contribution in [2.24, 2.45) is 17.3 Å². The van der Waals surface area contributed by atoms with Crippen LogP contribution in [-0.2, 0) is 0 Å². The van der Waals surface area contributed by atoms with Crippen LogP contribution in [0.15, 0.2) is 11.6 Å². The van der Waals surface area contributed by atoms with Gasteiger partial charge in [0.1, 0.15) is 0 Å². The van der Waals surface area contributed by atoms with E-state index < -0.39 is 0 Å². The lowest BCUT2D eigenvalue weighted by Crippen LogP contribution is -1.96. The fourth-order valence-electron chi connectivity index (χ4n) is 2.90. The van der Waals surface area contributed by atoms with Crippen molar-refractivity contribution in [3.8, 4) is 0 Å². The minimum atomic E-state index is 0.342. The van der Waals surface area contributed by atoms with Gasteiger partial charge in [0.25, 0.3) is 0 Å². The molecule has 0 radical (unpaired) electrons. The lowest BCUT2D eigenvalue weighted by Gasteiger charge is -2.10. The van der Waals surface area contributed by atoms with Crippen molar-refractivity contribution >= 4 is 0 Å². The Morgan fingerprint density at radius 3 is 2.85 bits per heavy atom. The molecule has 2 aliphatic carbocycles. The van der Waals surface area contributed by atoms with Crippen LogP contribution in [0.5, 0.6) is 0 Å². The maximum atomic E-state index is 8.75. The van der Waals surface area contributed by atoms with Crippen molar-refractivity contribution in [2.75, 3.05) is 6.61 Å². The topological polar surface area (TPSA) is 20.2 Å². The van der Waals surface area contributed by atoms with Crippen LogP contribution in [0.1, 0.15) is 39.5 Å². The van der Waals surface area contributed by atoms with Gasteiger partial charge in [-0.3, -0.25) is 0 Å². The minimum Gasteiger partial charge on any atom is -0.396 e. The van der Waals surface area contributed by atoms with Crippen molar-refractivity contribution < 1.29 is 5.11 Å². The first-order valence-electron chi connectivity index (χ1n) is 5.45. The summed E-state index contributed by atoms with van der Waals surface area (Å²) in [7, 11) is 0. The molecule has 0 saturated heterocycles. The van der Waals surface area contributed by atoms with Crippen LogP contribution >= 0.6 is 0 Å². The lowest BCUT2D eigenvalue weighted by atomic mass is 9.96. The molecule has 1 unspecified atom stereocenters. The van der Waals surface area contributed by atoms with Crippen molar-refractivity contribution in [3.05, 3.63) is 11.6 Å². The number of hydrogen-bond acceptors (Lipinski definition) is 1. The van der Waals surface area contributed by atoms with E-state index in [0.717, 1.165) is 24.7 Å². The monoisotopic (exact) mass is 180 g/mol. The van der Waals surface area contributed by atoms with Gasteiger partial charge in [-0.2, -0.15) is 0 Å². The number of aliphatic hydroxyl groups excluding tert-OH is 1. The number of allylic oxidation sites excluding steroid dienone is 2. The Morgan fingerprint density at radius 2 is 2.23 bits per heavy atom. The Morgan fingerprint density at radius 1 is 1.46 bits per heavy atom. The highest BCUT2D eigenvalue weighted by Crippen LogP contribution is 2.64. The Kier molecular flexibility index (Phi) is 2.23. The highest BCUT2D eigenvalue weighted by molar-refractivity contribution is 5.20. The molecule has 1 saturated carbocycles. The number of rotatable bonds is 3. The maximum absolute atomic E-state index is 8.75. The van der Waals surface area contributed by atoms with E-state index in [1.165, 1.54) is 12.8 Å². The fraction of sp³-hybridized carbons (Fsp3) is 0.833. The Bertz CT molecular complexity index is 227. The Hall–Kier alpha value is -0.300. The molecule has 0 spiro atoms. The summed E-state index contributed by atoms with van der Waals surface area (Å²) in [6.07, 6.45) is 7.08. The summed E-state index contributed by atoms with van der Waals surface area (Å²) in [5.41, 5.74) is 2.21. The van der Waals surface area contributed by atoms with Crippen LogP contribution in [0.2, 0.25) is 0 Å². The normalized spacial score (nSPS) is 35.2. The summed E-state index contributed by atoms with van der Waals surface area (Å²) in [6, 6.07) is 0. The average molecular weight is 180 g/mol. The summed E-state index contributed by atoms with van der Waals surface area (Å²) < 4.78 is 0. The molecule has 1 heteroatoms. The van der Waals surface area contributed by atoms with E-state index in [1.54, 1.807) is 5.57 Å². The van der Waals surface area contributed by atoms with E-state index in [0.29, 0.717) is 12.0 Å². The van der Waals surface area contributed by atoms with E-state index >= 15 is 0 Å². The van der Waals surface area contributed by atoms with Crippen LogP contribution in [-0.4, -0.2) is 11.7 Å². The average Bonchev–Trinajstić information content (AvgIpc) is 2.66. The molecule has 13 heavy (non-hydrogen) atoms. The second kappa shape index (κ2) is 3.13. The minimum absolute atomic E-state index is 0.342. The summed E-state index contributed by atoms with van der Waals surface area (Å²) in [5.74, 6) is 1.91. The third kappa shape index (κ3) is 1.54. The van der Waals surface area contributed by atoms with Gasteiger partial charge in [0.15, 0.2) is 0 Å². The van der Waals surface area contributed by atoms with E-state index in [-0.39, 0.29) is 0 Å².